The van der Waals surface area contributed by atoms with Crippen molar-refractivity contribution in [2.45, 2.75) is 46.0 Å². The van der Waals surface area contributed by atoms with Crippen LogP contribution in [0.1, 0.15) is 46.1 Å². The number of hydrogen-bond donors (Lipinski definition) is 2. The zero-order chi connectivity index (χ0) is 15.5. The van der Waals surface area contributed by atoms with E-state index in [1.165, 1.54) is 23.3 Å². The van der Waals surface area contributed by atoms with Crippen molar-refractivity contribution in [3.05, 3.63) is 29.8 Å². The summed E-state index contributed by atoms with van der Waals surface area (Å²) in [6, 6.07) is 8.22. The number of rotatable bonds is 3. The minimum atomic E-state index is 0.128. The highest BCUT2D eigenvalue weighted by Crippen LogP contribution is 2.23. The second-order valence-electron chi connectivity index (χ2n) is 7.48. The number of anilines is 1. The highest BCUT2D eigenvalue weighted by Gasteiger charge is 2.21. The molecule has 3 heteroatoms. The van der Waals surface area contributed by atoms with Gasteiger partial charge < -0.3 is 10.2 Å². The van der Waals surface area contributed by atoms with Crippen LogP contribution >= 0.6 is 0 Å². The van der Waals surface area contributed by atoms with Gasteiger partial charge in [0.1, 0.15) is 0 Å². The Labute approximate surface area is 128 Å². The van der Waals surface area contributed by atoms with Crippen LogP contribution in [-0.4, -0.2) is 25.5 Å². The highest BCUT2D eigenvalue weighted by atomic mass is 16.2. The Hall–Kier alpha value is -1.35. The summed E-state index contributed by atoms with van der Waals surface area (Å²) in [7, 11) is 0. The molecule has 1 heterocycles. The quantitative estimate of drug-likeness (QED) is 0.879. The molecule has 0 bridgehead atoms. The van der Waals surface area contributed by atoms with Crippen LogP contribution in [0.15, 0.2) is 24.3 Å². The largest absolute Gasteiger partial charge is 0.327 e. The molecule has 0 atom stereocenters. The van der Waals surface area contributed by atoms with Crippen LogP contribution in [0.4, 0.5) is 5.69 Å². The number of piperidine rings is 1. The van der Waals surface area contributed by atoms with Crippen molar-refractivity contribution in [1.82, 2.24) is 0 Å². The van der Waals surface area contributed by atoms with Crippen LogP contribution in [0.3, 0.4) is 0 Å². The lowest BCUT2D eigenvalue weighted by Crippen LogP contribution is -3.14. The van der Waals surface area contributed by atoms with Crippen LogP contribution in [-0.2, 0) is 10.2 Å². The van der Waals surface area contributed by atoms with Gasteiger partial charge in [-0.1, -0.05) is 39.8 Å². The monoisotopic (exact) mass is 289 g/mol. The van der Waals surface area contributed by atoms with Gasteiger partial charge in [0.25, 0.3) is 5.91 Å². The van der Waals surface area contributed by atoms with Crippen LogP contribution in [0.5, 0.6) is 0 Å². The molecule has 0 radical (unpaired) electrons. The fourth-order valence-corrected chi connectivity index (χ4v) is 2.83. The summed E-state index contributed by atoms with van der Waals surface area (Å²) < 4.78 is 0. The van der Waals surface area contributed by atoms with Crippen LogP contribution in [0.25, 0.3) is 0 Å². The first-order valence-electron chi connectivity index (χ1n) is 8.08. The number of hydrogen-bond acceptors (Lipinski definition) is 1. The Kier molecular flexibility index (Phi) is 5.04. The van der Waals surface area contributed by atoms with Gasteiger partial charge in [-0.05, 0) is 41.9 Å². The SMILES string of the molecule is CC1CC[NH+](CC(=O)Nc2ccc(C(C)(C)C)cc2)CC1. The molecule has 1 aliphatic rings. The fraction of sp³-hybridized carbons (Fsp3) is 0.611. The molecule has 1 fully saturated rings. The number of carbonyl (C=O) groups is 1. The molecule has 116 valence electrons. The van der Waals surface area contributed by atoms with E-state index in [0.29, 0.717) is 6.54 Å². The zero-order valence-electron chi connectivity index (χ0n) is 13.8. The van der Waals surface area contributed by atoms with E-state index in [-0.39, 0.29) is 11.3 Å². The van der Waals surface area contributed by atoms with Gasteiger partial charge in [-0.3, -0.25) is 4.79 Å². The van der Waals surface area contributed by atoms with Crippen molar-refractivity contribution in [3.8, 4) is 0 Å². The van der Waals surface area contributed by atoms with E-state index in [0.717, 1.165) is 24.7 Å². The third-order valence-electron chi connectivity index (χ3n) is 4.43. The van der Waals surface area contributed by atoms with Crippen molar-refractivity contribution in [1.29, 1.82) is 0 Å². The predicted molar refractivity (Wildman–Crippen MR) is 87.7 cm³/mol. The molecule has 0 saturated carbocycles. The standard InChI is InChI=1S/C18H28N2O/c1-14-9-11-20(12-10-14)13-17(21)19-16-7-5-15(6-8-16)18(2,3)4/h5-8,14H,9-13H2,1-4H3,(H,19,21)/p+1. The lowest BCUT2D eigenvalue weighted by atomic mass is 9.87. The maximum Gasteiger partial charge on any atom is 0.279 e. The van der Waals surface area contributed by atoms with E-state index in [1.807, 2.05) is 12.1 Å². The molecule has 0 spiro atoms. The Bertz CT molecular complexity index is 465. The molecular weight excluding hydrogens is 260 g/mol. The van der Waals surface area contributed by atoms with Crippen molar-refractivity contribution in [3.63, 3.8) is 0 Å². The molecule has 2 N–H and O–H groups in total. The Morgan fingerprint density at radius 1 is 1.19 bits per heavy atom. The number of nitrogens with one attached hydrogen (secondary N) is 2. The van der Waals surface area contributed by atoms with E-state index in [4.69, 9.17) is 0 Å². The third-order valence-corrected chi connectivity index (χ3v) is 4.43. The van der Waals surface area contributed by atoms with Gasteiger partial charge in [0.05, 0.1) is 13.1 Å². The summed E-state index contributed by atoms with van der Waals surface area (Å²) in [6.45, 7) is 11.7. The van der Waals surface area contributed by atoms with Gasteiger partial charge in [-0.25, -0.2) is 0 Å². The normalized spacial score (nSPS) is 22.9. The first kappa shape index (κ1) is 16.0. The minimum absolute atomic E-state index is 0.128. The predicted octanol–water partition coefficient (Wildman–Crippen LogP) is 2.24. The molecule has 1 aromatic rings. The third kappa shape index (κ3) is 4.85. The van der Waals surface area contributed by atoms with E-state index in [9.17, 15) is 4.79 Å². The summed E-state index contributed by atoms with van der Waals surface area (Å²) >= 11 is 0. The van der Waals surface area contributed by atoms with Crippen LogP contribution < -0.4 is 10.2 Å². The lowest BCUT2D eigenvalue weighted by molar-refractivity contribution is -0.897. The van der Waals surface area contributed by atoms with Crippen molar-refractivity contribution in [2.24, 2.45) is 5.92 Å². The van der Waals surface area contributed by atoms with E-state index in [2.05, 4.69) is 45.1 Å². The molecule has 2 rings (SSSR count). The fourth-order valence-electron chi connectivity index (χ4n) is 2.83. The summed E-state index contributed by atoms with van der Waals surface area (Å²) in [5, 5.41) is 3.02. The minimum Gasteiger partial charge on any atom is -0.327 e. The first-order valence-corrected chi connectivity index (χ1v) is 8.08. The number of benzene rings is 1. The molecule has 0 unspecified atom stereocenters. The molecule has 1 amide bonds. The smallest absolute Gasteiger partial charge is 0.279 e. The maximum absolute atomic E-state index is 12.1. The molecular formula is C18H29N2O+. The lowest BCUT2D eigenvalue weighted by Gasteiger charge is -2.26. The average Bonchev–Trinajstić information content (AvgIpc) is 2.41. The number of likely N-dealkylation sites (tertiary alicyclic amines) is 1. The van der Waals surface area contributed by atoms with Crippen molar-refractivity contribution in [2.75, 3.05) is 25.0 Å². The molecule has 0 aromatic heterocycles. The summed E-state index contributed by atoms with van der Waals surface area (Å²) in [5.74, 6) is 0.949. The molecule has 1 aliphatic heterocycles. The van der Waals surface area contributed by atoms with Gasteiger partial charge in [-0.2, -0.15) is 0 Å². The maximum atomic E-state index is 12.1. The van der Waals surface area contributed by atoms with Gasteiger partial charge in [0.2, 0.25) is 0 Å². The van der Waals surface area contributed by atoms with Crippen molar-refractivity contribution < 1.29 is 9.69 Å². The van der Waals surface area contributed by atoms with Crippen LogP contribution in [0, 0.1) is 5.92 Å². The molecule has 3 nitrogen and oxygen atoms in total. The Morgan fingerprint density at radius 2 is 1.76 bits per heavy atom. The second-order valence-corrected chi connectivity index (χ2v) is 7.48. The molecule has 1 aromatic carbocycles. The average molecular weight is 289 g/mol. The van der Waals surface area contributed by atoms with Crippen LogP contribution in [0.2, 0.25) is 0 Å². The molecule has 21 heavy (non-hydrogen) atoms. The number of carbonyl (C=O) groups excluding carboxylic acids is 1. The van der Waals surface area contributed by atoms with E-state index < -0.39 is 0 Å². The van der Waals surface area contributed by atoms with Gasteiger partial charge in [0.15, 0.2) is 6.54 Å². The van der Waals surface area contributed by atoms with E-state index in [1.54, 1.807) is 0 Å². The van der Waals surface area contributed by atoms with Gasteiger partial charge in [-0.15, -0.1) is 0 Å². The summed E-state index contributed by atoms with van der Waals surface area (Å²) in [5.41, 5.74) is 2.34. The summed E-state index contributed by atoms with van der Waals surface area (Å²) in [4.78, 5) is 13.5. The first-order chi connectivity index (χ1) is 9.84. The van der Waals surface area contributed by atoms with Gasteiger partial charge >= 0.3 is 0 Å². The number of amides is 1. The molecule has 0 aliphatic carbocycles. The Balaban J connectivity index is 1.85. The Morgan fingerprint density at radius 3 is 2.29 bits per heavy atom. The zero-order valence-corrected chi connectivity index (χ0v) is 13.8. The van der Waals surface area contributed by atoms with E-state index >= 15 is 0 Å². The second kappa shape index (κ2) is 6.61. The summed E-state index contributed by atoms with van der Waals surface area (Å²) in [6.07, 6.45) is 2.48. The highest BCUT2D eigenvalue weighted by molar-refractivity contribution is 5.91. The van der Waals surface area contributed by atoms with Gasteiger partial charge in [0, 0.05) is 5.69 Å². The molecule has 1 saturated heterocycles. The van der Waals surface area contributed by atoms with Crippen molar-refractivity contribution >= 4 is 11.6 Å². The number of quaternary nitrogens is 1. The topological polar surface area (TPSA) is 33.5 Å².